The van der Waals surface area contributed by atoms with Crippen molar-refractivity contribution in [3.63, 3.8) is 0 Å². The maximum atomic E-state index is 13.2. The number of benzene rings is 1. The third-order valence-electron chi connectivity index (χ3n) is 6.27. The molecular formula is C21H23F2N5O4S. The summed E-state index contributed by atoms with van der Waals surface area (Å²) in [5, 5.41) is 36.1. The Balaban J connectivity index is 1.49. The van der Waals surface area contributed by atoms with E-state index in [4.69, 9.17) is 0 Å². The third kappa shape index (κ3) is 4.23. The number of aromatic nitrogens is 1. The van der Waals surface area contributed by atoms with Gasteiger partial charge in [0.2, 0.25) is 11.9 Å². The van der Waals surface area contributed by atoms with Crippen molar-refractivity contribution in [2.75, 3.05) is 6.61 Å². The van der Waals surface area contributed by atoms with E-state index < -0.39 is 60.8 Å². The summed E-state index contributed by atoms with van der Waals surface area (Å²) in [5.74, 6) is -4.51. The van der Waals surface area contributed by atoms with Crippen LogP contribution in [0.3, 0.4) is 0 Å². The van der Waals surface area contributed by atoms with E-state index in [2.05, 4.69) is 25.6 Å². The van der Waals surface area contributed by atoms with Gasteiger partial charge in [0.05, 0.1) is 28.4 Å². The number of rotatable bonds is 4. The van der Waals surface area contributed by atoms with Gasteiger partial charge in [-0.1, -0.05) is 12.1 Å². The highest BCUT2D eigenvalue weighted by Crippen LogP contribution is 2.39. The van der Waals surface area contributed by atoms with Crippen LogP contribution in [0.1, 0.15) is 30.2 Å². The summed E-state index contributed by atoms with van der Waals surface area (Å²) in [6, 6.07) is 6.02. The zero-order valence-electron chi connectivity index (χ0n) is 17.4. The highest BCUT2D eigenvalue weighted by molar-refractivity contribution is 7.18. The number of hydrogen-bond acceptors (Lipinski definition) is 8. The maximum Gasteiger partial charge on any atom is 0.252 e. The number of aliphatic hydroxyl groups is 3. The second kappa shape index (κ2) is 8.35. The second-order valence-electron chi connectivity index (χ2n) is 8.70. The number of thiazole rings is 1. The van der Waals surface area contributed by atoms with Gasteiger partial charge in [-0.2, -0.15) is 0 Å². The molecule has 1 saturated heterocycles. The molecule has 1 aromatic carbocycles. The van der Waals surface area contributed by atoms with Crippen molar-refractivity contribution in [1.82, 2.24) is 15.6 Å². The smallest absolute Gasteiger partial charge is 0.252 e. The molecule has 0 bridgehead atoms. The maximum absolute atomic E-state index is 13.2. The highest BCUT2D eigenvalue weighted by atomic mass is 32.1. The van der Waals surface area contributed by atoms with E-state index in [1.54, 1.807) is 0 Å². The number of carbonyl (C=O) groups is 1. The van der Waals surface area contributed by atoms with Crippen molar-refractivity contribution >= 4 is 39.3 Å². The molecule has 3 fully saturated rings. The van der Waals surface area contributed by atoms with Gasteiger partial charge in [-0.25, -0.2) is 18.8 Å². The van der Waals surface area contributed by atoms with Crippen LogP contribution in [0.5, 0.6) is 0 Å². The van der Waals surface area contributed by atoms with Gasteiger partial charge in [0.15, 0.2) is 0 Å². The normalized spacial score (nSPS) is 34.5. The number of amidine groups is 1. The zero-order valence-corrected chi connectivity index (χ0v) is 18.2. The Kier molecular flexibility index (Phi) is 5.63. The number of aliphatic imine (C=N–C) groups is 2. The number of hydrogen-bond donors (Lipinski definition) is 5. The van der Waals surface area contributed by atoms with Crippen molar-refractivity contribution in [2.24, 2.45) is 15.9 Å². The van der Waals surface area contributed by atoms with Crippen LogP contribution in [0.4, 0.5) is 8.78 Å². The number of nitrogens with one attached hydrogen (secondary N) is 2. The van der Waals surface area contributed by atoms with Crippen LogP contribution in [0.25, 0.3) is 10.2 Å². The summed E-state index contributed by atoms with van der Waals surface area (Å²) in [6.07, 6.45) is -2.93. The van der Waals surface area contributed by atoms with Crippen molar-refractivity contribution < 1.29 is 28.9 Å². The first-order valence-electron chi connectivity index (χ1n) is 10.7. The summed E-state index contributed by atoms with van der Waals surface area (Å²) in [6.45, 7) is -0.308. The third-order valence-corrected chi connectivity index (χ3v) is 7.37. The molecule has 5 N–H and O–H groups in total. The number of nitrogens with zero attached hydrogens (tertiary/aromatic N) is 3. The molecule has 2 aromatic rings. The van der Waals surface area contributed by atoms with Crippen LogP contribution < -0.4 is 10.6 Å². The monoisotopic (exact) mass is 479 g/mol. The van der Waals surface area contributed by atoms with Gasteiger partial charge in [0.25, 0.3) is 5.92 Å². The van der Waals surface area contributed by atoms with E-state index >= 15 is 0 Å². The molecule has 5 atom stereocenters. The van der Waals surface area contributed by atoms with E-state index in [1.807, 2.05) is 24.3 Å². The molecular weight excluding hydrogens is 456 g/mol. The summed E-state index contributed by atoms with van der Waals surface area (Å²) in [5.41, 5.74) is 0.720. The standard InChI is InChI=1S/C21H23F2N5O4S/c22-21(23)6-10(7-21)24-20-27-17(25-12-5-9(8-29)15(30)16(12)31)14(18(32)28-20)19-26-11-3-1-2-4-13(11)33-19/h1-4,9-10,12,14-16,29-31H,5-8H2,(H2,24,25,27,28,32)/t9-,12-,14?,15-,16+/m1/s1. The molecule has 1 amide bonds. The van der Waals surface area contributed by atoms with Gasteiger partial charge < -0.3 is 20.6 Å². The molecule has 33 heavy (non-hydrogen) atoms. The van der Waals surface area contributed by atoms with Crippen molar-refractivity contribution in [1.29, 1.82) is 0 Å². The lowest BCUT2D eigenvalue weighted by Crippen LogP contribution is -2.57. The van der Waals surface area contributed by atoms with E-state index in [0.717, 1.165) is 10.2 Å². The molecule has 1 aliphatic heterocycles. The first-order valence-corrected chi connectivity index (χ1v) is 11.5. The number of fused-ring (bicyclic) bond motifs is 1. The first kappa shape index (κ1) is 22.3. The molecule has 5 rings (SSSR count). The van der Waals surface area contributed by atoms with Crippen LogP contribution in [0.2, 0.25) is 0 Å². The highest BCUT2D eigenvalue weighted by Gasteiger charge is 2.47. The molecule has 2 saturated carbocycles. The number of carbonyl (C=O) groups excluding carboxylic acids is 1. The average Bonchev–Trinajstić information content (AvgIpc) is 3.28. The first-order chi connectivity index (χ1) is 15.7. The fourth-order valence-electron chi connectivity index (χ4n) is 4.44. The molecule has 176 valence electrons. The Morgan fingerprint density at radius 3 is 2.58 bits per heavy atom. The van der Waals surface area contributed by atoms with Crippen LogP contribution >= 0.6 is 11.3 Å². The number of para-hydroxylation sites is 1. The predicted octanol–water partition coefficient (Wildman–Crippen LogP) is 0.754. The molecule has 12 heteroatoms. The lowest BCUT2D eigenvalue weighted by atomic mass is 9.89. The van der Waals surface area contributed by atoms with Crippen LogP contribution in [0, 0.1) is 5.92 Å². The Hall–Kier alpha value is -2.54. The Morgan fingerprint density at radius 1 is 1.15 bits per heavy atom. The summed E-state index contributed by atoms with van der Waals surface area (Å²) < 4.78 is 27.3. The number of halogens is 2. The SMILES string of the molecule is O=C1NC(=NC2CC(F)(F)C2)NC(=N[C@@H]2C[C@H](CO)[C@@H](O)[C@H]2O)C1c1nc2ccccc2s1. The fraction of sp³-hybridized carbons (Fsp3) is 0.524. The lowest BCUT2D eigenvalue weighted by molar-refractivity contribution is -0.120. The lowest BCUT2D eigenvalue weighted by Gasteiger charge is -2.34. The van der Waals surface area contributed by atoms with Gasteiger partial charge >= 0.3 is 0 Å². The molecule has 2 heterocycles. The van der Waals surface area contributed by atoms with Gasteiger partial charge in [0.1, 0.15) is 22.9 Å². The molecule has 3 aliphatic rings. The van der Waals surface area contributed by atoms with Gasteiger partial charge in [0, 0.05) is 25.4 Å². The van der Waals surface area contributed by atoms with Crippen LogP contribution in [-0.4, -0.2) is 74.8 Å². The number of amides is 1. The van der Waals surface area contributed by atoms with Gasteiger partial charge in [-0.05, 0) is 18.6 Å². The number of alkyl halides is 2. The molecule has 9 nitrogen and oxygen atoms in total. The molecule has 2 aliphatic carbocycles. The van der Waals surface area contributed by atoms with Gasteiger partial charge in [-0.15, -0.1) is 11.3 Å². The van der Waals surface area contributed by atoms with Crippen molar-refractivity contribution in [3.8, 4) is 0 Å². The summed E-state index contributed by atoms with van der Waals surface area (Å²) in [7, 11) is 0. The minimum absolute atomic E-state index is 0.0170. The topological polar surface area (TPSA) is 139 Å². The van der Waals surface area contributed by atoms with E-state index in [1.165, 1.54) is 11.3 Å². The number of aliphatic hydroxyl groups excluding tert-OH is 3. The fourth-order valence-corrected chi connectivity index (χ4v) is 5.51. The molecule has 0 radical (unpaired) electrons. The Bertz CT molecular complexity index is 1100. The van der Waals surface area contributed by atoms with E-state index in [9.17, 15) is 28.9 Å². The van der Waals surface area contributed by atoms with Crippen LogP contribution in [0.15, 0.2) is 34.3 Å². The minimum Gasteiger partial charge on any atom is -0.396 e. The van der Waals surface area contributed by atoms with Crippen molar-refractivity contribution in [3.05, 3.63) is 29.3 Å². The second-order valence-corrected chi connectivity index (χ2v) is 9.77. The van der Waals surface area contributed by atoms with E-state index in [-0.39, 0.29) is 24.8 Å². The predicted molar refractivity (Wildman–Crippen MR) is 117 cm³/mol. The molecule has 0 spiro atoms. The zero-order chi connectivity index (χ0) is 23.3. The minimum atomic E-state index is -2.75. The Labute approximate surface area is 191 Å². The summed E-state index contributed by atoms with van der Waals surface area (Å²) >= 11 is 1.32. The number of guanidine groups is 1. The molecule has 1 aromatic heterocycles. The molecule has 1 unspecified atom stereocenters. The Morgan fingerprint density at radius 2 is 1.91 bits per heavy atom. The van der Waals surface area contributed by atoms with E-state index in [0.29, 0.717) is 5.01 Å². The summed E-state index contributed by atoms with van der Waals surface area (Å²) in [4.78, 5) is 26.4. The quantitative estimate of drug-likeness (QED) is 0.439. The van der Waals surface area contributed by atoms with Crippen molar-refractivity contribution in [2.45, 2.75) is 55.4 Å². The van der Waals surface area contributed by atoms with Gasteiger partial charge in [-0.3, -0.25) is 15.1 Å². The van der Waals surface area contributed by atoms with Crippen LogP contribution in [-0.2, 0) is 4.79 Å². The average molecular weight is 480 g/mol. The largest absolute Gasteiger partial charge is 0.396 e.